The van der Waals surface area contributed by atoms with Crippen LogP contribution < -0.4 is 4.90 Å². The Morgan fingerprint density at radius 2 is 1.94 bits per heavy atom. The lowest BCUT2D eigenvalue weighted by Crippen LogP contribution is -2.40. The number of carboxylic acid groups (broad SMARTS) is 1. The molecule has 2 heterocycles. The summed E-state index contributed by atoms with van der Waals surface area (Å²) in [6, 6.07) is 2.97. The first-order valence-corrected chi connectivity index (χ1v) is 7.37. The van der Waals surface area contributed by atoms with Gasteiger partial charge in [0.1, 0.15) is 5.82 Å². The lowest BCUT2D eigenvalue weighted by Gasteiger charge is -2.28. The number of aromatic carboxylic acids is 1. The second kappa shape index (κ2) is 4.56. The van der Waals surface area contributed by atoms with E-state index in [1.165, 1.54) is 12.1 Å². The molecule has 1 fully saturated rings. The van der Waals surface area contributed by atoms with E-state index in [2.05, 4.69) is 4.98 Å². The maximum atomic E-state index is 11.3. The molecule has 1 aromatic heterocycles. The zero-order valence-corrected chi connectivity index (χ0v) is 10.8. The normalized spacial score (nSPS) is 18.6. The van der Waals surface area contributed by atoms with Crippen LogP contribution in [0.15, 0.2) is 12.1 Å². The van der Waals surface area contributed by atoms with Gasteiger partial charge in [-0.2, -0.15) is 0 Å². The van der Waals surface area contributed by atoms with E-state index in [1.807, 2.05) is 0 Å². The molecule has 7 heteroatoms. The summed E-state index contributed by atoms with van der Waals surface area (Å²) in [6.45, 7) is 2.44. The van der Waals surface area contributed by atoms with Crippen LogP contribution in [-0.2, 0) is 9.84 Å². The molecule has 18 heavy (non-hydrogen) atoms. The zero-order valence-electron chi connectivity index (χ0n) is 9.96. The molecule has 1 N–H and O–H groups in total. The molecule has 1 saturated heterocycles. The van der Waals surface area contributed by atoms with Crippen LogP contribution in [0.4, 0.5) is 5.82 Å². The highest BCUT2D eigenvalue weighted by Crippen LogP contribution is 2.17. The van der Waals surface area contributed by atoms with E-state index in [0.717, 1.165) is 0 Å². The average molecular weight is 270 g/mol. The summed E-state index contributed by atoms with van der Waals surface area (Å²) in [7, 11) is -2.95. The molecule has 0 saturated carbocycles. The first-order chi connectivity index (χ1) is 8.37. The smallest absolute Gasteiger partial charge is 0.335 e. The number of hydrogen-bond acceptors (Lipinski definition) is 5. The number of hydrogen-bond donors (Lipinski definition) is 1. The molecule has 0 spiro atoms. The Balaban J connectivity index is 2.26. The lowest BCUT2D eigenvalue weighted by molar-refractivity contribution is 0.0696. The maximum Gasteiger partial charge on any atom is 0.335 e. The number of nitrogens with zero attached hydrogens (tertiary/aromatic N) is 2. The largest absolute Gasteiger partial charge is 0.478 e. The third-order valence-electron chi connectivity index (χ3n) is 2.86. The van der Waals surface area contributed by atoms with E-state index in [1.54, 1.807) is 11.8 Å². The SMILES string of the molecule is Cc1cc(C(=O)O)cc(N2CCS(=O)(=O)CC2)n1. The van der Waals surface area contributed by atoms with Gasteiger partial charge in [-0.3, -0.25) is 0 Å². The quantitative estimate of drug-likeness (QED) is 0.833. The van der Waals surface area contributed by atoms with E-state index in [9.17, 15) is 13.2 Å². The fraction of sp³-hybridized carbons (Fsp3) is 0.455. The van der Waals surface area contributed by atoms with E-state index in [0.29, 0.717) is 24.6 Å². The van der Waals surface area contributed by atoms with Crippen LogP contribution in [0.3, 0.4) is 0 Å². The first-order valence-electron chi connectivity index (χ1n) is 5.55. The predicted octanol–water partition coefficient (Wildman–Crippen LogP) is 0.323. The Kier molecular flexibility index (Phi) is 3.25. The third-order valence-corrected chi connectivity index (χ3v) is 4.46. The van der Waals surface area contributed by atoms with Gasteiger partial charge in [0.25, 0.3) is 0 Å². The monoisotopic (exact) mass is 270 g/mol. The van der Waals surface area contributed by atoms with Crippen LogP contribution in [-0.4, -0.2) is 49.1 Å². The summed E-state index contributed by atoms with van der Waals surface area (Å²) in [6.07, 6.45) is 0. The van der Waals surface area contributed by atoms with Crippen molar-refractivity contribution >= 4 is 21.6 Å². The predicted molar refractivity (Wildman–Crippen MR) is 66.8 cm³/mol. The van der Waals surface area contributed by atoms with Gasteiger partial charge < -0.3 is 10.0 Å². The van der Waals surface area contributed by atoms with Crippen molar-refractivity contribution < 1.29 is 18.3 Å². The molecule has 0 atom stereocenters. The Morgan fingerprint density at radius 1 is 1.33 bits per heavy atom. The van der Waals surface area contributed by atoms with Gasteiger partial charge in [-0.1, -0.05) is 0 Å². The van der Waals surface area contributed by atoms with Gasteiger partial charge in [0, 0.05) is 18.8 Å². The third kappa shape index (κ3) is 2.79. The summed E-state index contributed by atoms with van der Waals surface area (Å²) in [5, 5.41) is 8.97. The van der Waals surface area contributed by atoms with Gasteiger partial charge in [-0.15, -0.1) is 0 Å². The molecular formula is C11H14N2O4S. The highest BCUT2D eigenvalue weighted by atomic mass is 32.2. The number of pyridine rings is 1. The molecule has 0 radical (unpaired) electrons. The van der Waals surface area contributed by atoms with Crippen molar-refractivity contribution in [1.29, 1.82) is 0 Å². The van der Waals surface area contributed by atoms with Crippen molar-refractivity contribution in [2.24, 2.45) is 0 Å². The minimum Gasteiger partial charge on any atom is -0.478 e. The standard InChI is InChI=1S/C11H14N2O4S/c1-8-6-9(11(14)15)7-10(12-8)13-2-4-18(16,17)5-3-13/h6-7H,2-5H2,1H3,(H,14,15). The summed E-state index contributed by atoms with van der Waals surface area (Å²) < 4.78 is 22.7. The van der Waals surface area contributed by atoms with E-state index in [-0.39, 0.29) is 17.1 Å². The van der Waals surface area contributed by atoms with Crippen molar-refractivity contribution in [2.45, 2.75) is 6.92 Å². The molecule has 0 aromatic carbocycles. The molecule has 0 aliphatic carbocycles. The number of carbonyl (C=O) groups is 1. The van der Waals surface area contributed by atoms with Crippen molar-refractivity contribution in [3.8, 4) is 0 Å². The number of aryl methyl sites for hydroxylation is 1. The van der Waals surface area contributed by atoms with Crippen LogP contribution >= 0.6 is 0 Å². The van der Waals surface area contributed by atoms with Crippen molar-refractivity contribution in [2.75, 3.05) is 29.5 Å². The van der Waals surface area contributed by atoms with E-state index >= 15 is 0 Å². The van der Waals surface area contributed by atoms with Gasteiger partial charge in [0.05, 0.1) is 17.1 Å². The molecule has 2 rings (SSSR count). The number of carboxylic acids is 1. The summed E-state index contributed by atoms with van der Waals surface area (Å²) >= 11 is 0. The highest BCUT2D eigenvalue weighted by Gasteiger charge is 2.23. The van der Waals surface area contributed by atoms with E-state index in [4.69, 9.17) is 5.11 Å². The second-order valence-electron chi connectivity index (χ2n) is 4.30. The Labute approximate surface area is 105 Å². The Bertz CT molecular complexity index is 569. The first kappa shape index (κ1) is 12.8. The Hall–Kier alpha value is -1.63. The number of aromatic nitrogens is 1. The van der Waals surface area contributed by atoms with Gasteiger partial charge in [0.2, 0.25) is 0 Å². The van der Waals surface area contributed by atoms with E-state index < -0.39 is 15.8 Å². The molecule has 0 unspecified atom stereocenters. The summed E-state index contributed by atoms with van der Waals surface area (Å²) in [4.78, 5) is 17.0. The van der Waals surface area contributed by atoms with Gasteiger partial charge >= 0.3 is 5.97 Å². The number of sulfone groups is 1. The zero-order chi connectivity index (χ0) is 13.3. The van der Waals surface area contributed by atoms with Crippen LogP contribution in [0, 0.1) is 6.92 Å². The fourth-order valence-corrected chi connectivity index (χ4v) is 3.08. The number of rotatable bonds is 2. The van der Waals surface area contributed by atoms with Crippen LogP contribution in [0.5, 0.6) is 0 Å². The van der Waals surface area contributed by atoms with Gasteiger partial charge in [-0.05, 0) is 19.1 Å². The molecule has 0 bridgehead atoms. The summed E-state index contributed by atoms with van der Waals surface area (Å²) in [5.41, 5.74) is 0.782. The Morgan fingerprint density at radius 3 is 2.50 bits per heavy atom. The van der Waals surface area contributed by atoms with Gasteiger partial charge in [0.15, 0.2) is 9.84 Å². The minimum atomic E-state index is -2.95. The van der Waals surface area contributed by atoms with Crippen molar-refractivity contribution in [1.82, 2.24) is 4.98 Å². The van der Waals surface area contributed by atoms with Crippen molar-refractivity contribution in [3.63, 3.8) is 0 Å². The topological polar surface area (TPSA) is 87.6 Å². The highest BCUT2D eigenvalue weighted by molar-refractivity contribution is 7.91. The molecule has 1 aromatic rings. The maximum absolute atomic E-state index is 11.3. The minimum absolute atomic E-state index is 0.0883. The second-order valence-corrected chi connectivity index (χ2v) is 6.60. The molecule has 98 valence electrons. The summed E-state index contributed by atoms with van der Waals surface area (Å²) in [5.74, 6) is -0.301. The van der Waals surface area contributed by atoms with Crippen LogP contribution in [0.1, 0.15) is 16.1 Å². The van der Waals surface area contributed by atoms with Crippen LogP contribution in [0.2, 0.25) is 0 Å². The van der Waals surface area contributed by atoms with Gasteiger partial charge in [-0.25, -0.2) is 18.2 Å². The fourth-order valence-electron chi connectivity index (χ4n) is 1.88. The molecule has 1 aliphatic rings. The average Bonchev–Trinajstić information content (AvgIpc) is 2.28. The molecule has 6 nitrogen and oxygen atoms in total. The van der Waals surface area contributed by atoms with Crippen LogP contribution in [0.25, 0.3) is 0 Å². The lowest BCUT2D eigenvalue weighted by atomic mass is 10.2. The molecular weight excluding hydrogens is 256 g/mol. The van der Waals surface area contributed by atoms with Crippen molar-refractivity contribution in [3.05, 3.63) is 23.4 Å². The molecule has 1 aliphatic heterocycles. The number of anilines is 1. The molecule has 0 amide bonds.